The molecule has 2 aromatic rings. The average molecular weight is 396 g/mol. The molecule has 1 fully saturated rings. The SMILES string of the molecule is O=C(Cn1cc(S(=O)(=O)N2CCCC2)ccc1=O)Nc1ccc(Cl)cc1. The van der Waals surface area contributed by atoms with E-state index in [4.69, 9.17) is 11.6 Å². The number of rotatable bonds is 5. The van der Waals surface area contributed by atoms with E-state index in [2.05, 4.69) is 5.32 Å². The second-order valence-electron chi connectivity index (χ2n) is 6.00. The van der Waals surface area contributed by atoms with Crippen molar-refractivity contribution in [1.29, 1.82) is 0 Å². The van der Waals surface area contributed by atoms with Crippen molar-refractivity contribution < 1.29 is 13.2 Å². The molecule has 1 aromatic heterocycles. The van der Waals surface area contributed by atoms with Gasteiger partial charge in [0, 0.05) is 36.1 Å². The van der Waals surface area contributed by atoms with Gasteiger partial charge in [-0.15, -0.1) is 0 Å². The third-order valence-corrected chi connectivity index (χ3v) is 6.24. The Morgan fingerprint density at radius 2 is 1.73 bits per heavy atom. The predicted molar refractivity (Wildman–Crippen MR) is 98.8 cm³/mol. The van der Waals surface area contributed by atoms with Crippen molar-refractivity contribution in [3.05, 3.63) is 58.0 Å². The van der Waals surface area contributed by atoms with Crippen LogP contribution in [0.2, 0.25) is 5.02 Å². The zero-order chi connectivity index (χ0) is 18.7. The molecule has 0 bridgehead atoms. The molecule has 0 atom stereocenters. The lowest BCUT2D eigenvalue weighted by Crippen LogP contribution is -2.31. The summed E-state index contributed by atoms with van der Waals surface area (Å²) in [5.41, 5.74) is 0.0879. The van der Waals surface area contributed by atoms with E-state index < -0.39 is 21.5 Å². The molecule has 1 aliphatic rings. The zero-order valence-electron chi connectivity index (χ0n) is 13.9. The molecule has 1 saturated heterocycles. The number of amides is 1. The van der Waals surface area contributed by atoms with Crippen LogP contribution in [0.3, 0.4) is 0 Å². The molecule has 0 spiro atoms. The molecule has 26 heavy (non-hydrogen) atoms. The van der Waals surface area contributed by atoms with Gasteiger partial charge in [-0.05, 0) is 43.2 Å². The number of aromatic nitrogens is 1. The first kappa shape index (κ1) is 18.6. The summed E-state index contributed by atoms with van der Waals surface area (Å²) in [6.07, 6.45) is 2.86. The standard InChI is InChI=1S/C17H18ClN3O4S/c18-13-3-5-14(6-4-13)19-16(22)12-20-11-15(7-8-17(20)23)26(24,25)21-9-1-2-10-21/h3-8,11H,1-2,9-10,12H2,(H,19,22). The summed E-state index contributed by atoms with van der Waals surface area (Å²) in [5, 5.41) is 3.18. The van der Waals surface area contributed by atoms with E-state index in [1.54, 1.807) is 24.3 Å². The van der Waals surface area contributed by atoms with Gasteiger partial charge in [0.2, 0.25) is 15.9 Å². The minimum absolute atomic E-state index is 0.0123. The predicted octanol–water partition coefficient (Wildman–Crippen LogP) is 1.92. The van der Waals surface area contributed by atoms with E-state index in [-0.39, 0.29) is 11.4 Å². The van der Waals surface area contributed by atoms with Crippen molar-refractivity contribution in [1.82, 2.24) is 8.87 Å². The van der Waals surface area contributed by atoms with Crippen molar-refractivity contribution in [3.8, 4) is 0 Å². The van der Waals surface area contributed by atoms with Gasteiger partial charge in [-0.1, -0.05) is 11.6 Å². The van der Waals surface area contributed by atoms with Gasteiger partial charge in [-0.2, -0.15) is 4.31 Å². The molecular formula is C17H18ClN3O4S. The summed E-state index contributed by atoms with van der Waals surface area (Å²) in [5.74, 6) is -0.440. The molecule has 2 heterocycles. The molecular weight excluding hydrogens is 378 g/mol. The molecule has 0 saturated carbocycles. The summed E-state index contributed by atoms with van der Waals surface area (Å²) in [7, 11) is -3.65. The van der Waals surface area contributed by atoms with Gasteiger partial charge in [0.1, 0.15) is 6.54 Å². The largest absolute Gasteiger partial charge is 0.325 e. The fourth-order valence-corrected chi connectivity index (χ4v) is 4.42. The number of sulfonamides is 1. The number of carbonyl (C=O) groups excluding carboxylic acids is 1. The van der Waals surface area contributed by atoms with Gasteiger partial charge >= 0.3 is 0 Å². The first-order valence-electron chi connectivity index (χ1n) is 8.12. The lowest BCUT2D eigenvalue weighted by Gasteiger charge is -2.16. The maximum Gasteiger partial charge on any atom is 0.251 e. The minimum Gasteiger partial charge on any atom is -0.325 e. The fourth-order valence-electron chi connectivity index (χ4n) is 2.75. The highest BCUT2D eigenvalue weighted by molar-refractivity contribution is 7.89. The first-order valence-corrected chi connectivity index (χ1v) is 9.94. The highest BCUT2D eigenvalue weighted by atomic mass is 35.5. The third kappa shape index (κ3) is 4.14. The zero-order valence-corrected chi connectivity index (χ0v) is 15.5. The van der Waals surface area contributed by atoms with Crippen LogP contribution in [0.25, 0.3) is 0 Å². The van der Waals surface area contributed by atoms with Crippen LogP contribution in [-0.4, -0.2) is 36.3 Å². The van der Waals surface area contributed by atoms with Gasteiger partial charge < -0.3 is 9.88 Å². The Morgan fingerprint density at radius 3 is 2.38 bits per heavy atom. The van der Waals surface area contributed by atoms with Crippen molar-refractivity contribution in [3.63, 3.8) is 0 Å². The first-order chi connectivity index (χ1) is 12.4. The molecule has 9 heteroatoms. The number of benzene rings is 1. The van der Waals surface area contributed by atoms with Crippen molar-refractivity contribution >= 4 is 33.2 Å². The van der Waals surface area contributed by atoms with E-state index in [1.807, 2.05) is 0 Å². The van der Waals surface area contributed by atoms with E-state index >= 15 is 0 Å². The lowest BCUT2D eigenvalue weighted by molar-refractivity contribution is -0.116. The van der Waals surface area contributed by atoms with Gasteiger partial charge in [0.05, 0.1) is 4.90 Å². The second-order valence-corrected chi connectivity index (χ2v) is 8.37. The Hall–Kier alpha value is -2.16. The smallest absolute Gasteiger partial charge is 0.251 e. The van der Waals surface area contributed by atoms with E-state index in [1.165, 1.54) is 22.6 Å². The molecule has 0 radical (unpaired) electrons. The number of nitrogens with zero attached hydrogens (tertiary/aromatic N) is 2. The molecule has 1 N–H and O–H groups in total. The number of halogens is 1. The van der Waals surface area contributed by atoms with Crippen LogP contribution in [0.15, 0.2) is 52.3 Å². The Kier molecular flexibility index (Phi) is 5.45. The van der Waals surface area contributed by atoms with Crippen LogP contribution < -0.4 is 10.9 Å². The van der Waals surface area contributed by atoms with Crippen LogP contribution in [0.5, 0.6) is 0 Å². The van der Waals surface area contributed by atoms with Crippen LogP contribution >= 0.6 is 11.6 Å². The Labute approximate surface area is 156 Å². The average Bonchev–Trinajstić information content (AvgIpc) is 3.14. The van der Waals surface area contributed by atoms with Crippen LogP contribution in [0.4, 0.5) is 5.69 Å². The molecule has 1 amide bonds. The normalized spacial score (nSPS) is 15.1. The van der Waals surface area contributed by atoms with E-state index in [9.17, 15) is 18.0 Å². The number of pyridine rings is 1. The van der Waals surface area contributed by atoms with Crippen molar-refractivity contribution in [2.75, 3.05) is 18.4 Å². The van der Waals surface area contributed by atoms with E-state index in [0.29, 0.717) is 23.8 Å². The molecule has 0 aliphatic carbocycles. The number of hydrogen-bond donors (Lipinski definition) is 1. The number of nitrogens with one attached hydrogen (secondary N) is 1. The van der Waals surface area contributed by atoms with E-state index in [0.717, 1.165) is 17.4 Å². The van der Waals surface area contributed by atoms with Crippen LogP contribution in [0.1, 0.15) is 12.8 Å². The lowest BCUT2D eigenvalue weighted by atomic mass is 10.3. The fraction of sp³-hybridized carbons (Fsp3) is 0.294. The van der Waals surface area contributed by atoms with Crippen molar-refractivity contribution in [2.24, 2.45) is 0 Å². The number of anilines is 1. The summed E-state index contributed by atoms with van der Waals surface area (Å²) < 4.78 is 27.7. The summed E-state index contributed by atoms with van der Waals surface area (Å²) in [4.78, 5) is 24.2. The van der Waals surface area contributed by atoms with Gasteiger partial charge in [-0.25, -0.2) is 8.42 Å². The topological polar surface area (TPSA) is 88.5 Å². The molecule has 1 aromatic carbocycles. The molecule has 7 nitrogen and oxygen atoms in total. The highest BCUT2D eigenvalue weighted by Gasteiger charge is 2.27. The molecule has 1 aliphatic heterocycles. The van der Waals surface area contributed by atoms with Crippen LogP contribution in [0, 0.1) is 0 Å². The Morgan fingerprint density at radius 1 is 1.08 bits per heavy atom. The van der Waals surface area contributed by atoms with Gasteiger partial charge in [-0.3, -0.25) is 9.59 Å². The summed E-state index contributed by atoms with van der Waals surface area (Å²) >= 11 is 5.79. The quantitative estimate of drug-likeness (QED) is 0.837. The Bertz CT molecular complexity index is 964. The third-order valence-electron chi connectivity index (χ3n) is 4.10. The second kappa shape index (κ2) is 7.61. The van der Waals surface area contributed by atoms with Crippen molar-refractivity contribution in [2.45, 2.75) is 24.3 Å². The van der Waals surface area contributed by atoms with Crippen LogP contribution in [-0.2, 0) is 21.4 Å². The summed E-state index contributed by atoms with van der Waals surface area (Å²) in [6.45, 7) is 0.655. The maximum absolute atomic E-state index is 12.6. The highest BCUT2D eigenvalue weighted by Crippen LogP contribution is 2.19. The Balaban J connectivity index is 1.78. The van der Waals surface area contributed by atoms with Gasteiger partial charge in [0.25, 0.3) is 5.56 Å². The summed E-state index contributed by atoms with van der Waals surface area (Å²) in [6, 6.07) is 8.98. The number of hydrogen-bond acceptors (Lipinski definition) is 4. The molecule has 0 unspecified atom stereocenters. The molecule has 138 valence electrons. The van der Waals surface area contributed by atoms with Gasteiger partial charge in [0.15, 0.2) is 0 Å². The number of carbonyl (C=O) groups is 1. The maximum atomic E-state index is 12.6. The monoisotopic (exact) mass is 395 g/mol. The minimum atomic E-state index is -3.65. The molecule has 3 rings (SSSR count).